The summed E-state index contributed by atoms with van der Waals surface area (Å²) in [5, 5.41) is 8.91. The second kappa shape index (κ2) is 3.11. The maximum Gasteiger partial charge on any atom is 0.123 e. The molecule has 1 aromatic rings. The Morgan fingerprint density at radius 2 is 2.31 bits per heavy atom. The fourth-order valence-corrected chi connectivity index (χ4v) is 1.89. The molecule has 1 aliphatic carbocycles. The number of aliphatic hydroxyl groups excluding tert-OH is 1. The van der Waals surface area contributed by atoms with Gasteiger partial charge in [-0.05, 0) is 48.4 Å². The van der Waals surface area contributed by atoms with Crippen LogP contribution in [0.5, 0.6) is 0 Å². The van der Waals surface area contributed by atoms with Crippen molar-refractivity contribution < 1.29 is 9.50 Å². The molecule has 13 heavy (non-hydrogen) atoms. The zero-order valence-corrected chi connectivity index (χ0v) is 7.63. The lowest BCUT2D eigenvalue weighted by Gasteiger charge is -2.03. The third kappa shape index (κ3) is 1.59. The largest absolute Gasteiger partial charge is 0.396 e. The number of halogens is 1. The van der Waals surface area contributed by atoms with E-state index in [4.69, 9.17) is 5.11 Å². The maximum atomic E-state index is 12.8. The number of aliphatic hydroxyl groups is 1. The number of benzene rings is 1. The quantitative estimate of drug-likeness (QED) is 0.740. The molecule has 2 atom stereocenters. The number of hydrogen-bond acceptors (Lipinski definition) is 1. The van der Waals surface area contributed by atoms with Gasteiger partial charge in [-0.15, -0.1) is 0 Å². The van der Waals surface area contributed by atoms with Crippen molar-refractivity contribution in [2.24, 2.45) is 5.92 Å². The molecule has 1 fully saturated rings. The fourth-order valence-electron chi connectivity index (χ4n) is 1.89. The Hall–Kier alpha value is -0.890. The van der Waals surface area contributed by atoms with Crippen molar-refractivity contribution >= 4 is 0 Å². The lowest BCUT2D eigenvalue weighted by Crippen LogP contribution is -1.92. The molecule has 0 heterocycles. The molecule has 0 radical (unpaired) electrons. The summed E-state index contributed by atoms with van der Waals surface area (Å²) in [6.07, 6.45) is 1.04. The predicted molar refractivity (Wildman–Crippen MR) is 49.1 cm³/mol. The maximum absolute atomic E-state index is 12.8. The molecule has 0 spiro atoms. The van der Waals surface area contributed by atoms with Crippen molar-refractivity contribution in [2.75, 3.05) is 6.61 Å². The smallest absolute Gasteiger partial charge is 0.123 e. The van der Waals surface area contributed by atoms with E-state index in [1.807, 2.05) is 13.0 Å². The molecule has 1 nitrogen and oxygen atoms in total. The highest BCUT2D eigenvalue weighted by Crippen LogP contribution is 2.47. The van der Waals surface area contributed by atoms with Crippen molar-refractivity contribution in [1.29, 1.82) is 0 Å². The van der Waals surface area contributed by atoms with Gasteiger partial charge in [-0.3, -0.25) is 0 Å². The molecule has 2 heteroatoms. The molecule has 1 aliphatic rings. The van der Waals surface area contributed by atoms with E-state index in [0.29, 0.717) is 11.8 Å². The van der Waals surface area contributed by atoms with Gasteiger partial charge in [-0.25, -0.2) is 4.39 Å². The number of rotatable bonds is 2. The first-order chi connectivity index (χ1) is 6.22. The third-order valence-corrected chi connectivity index (χ3v) is 2.79. The molecule has 0 aromatic heterocycles. The van der Waals surface area contributed by atoms with Crippen molar-refractivity contribution in [3.63, 3.8) is 0 Å². The van der Waals surface area contributed by atoms with Gasteiger partial charge < -0.3 is 5.11 Å². The minimum atomic E-state index is -0.178. The molecular weight excluding hydrogens is 167 g/mol. The Morgan fingerprint density at radius 3 is 2.85 bits per heavy atom. The Bertz CT molecular complexity index is 322. The summed E-state index contributed by atoms with van der Waals surface area (Å²) in [6.45, 7) is 2.17. The summed E-state index contributed by atoms with van der Waals surface area (Å²) in [5.41, 5.74) is 2.20. The SMILES string of the molecule is Cc1cc(F)ccc1[C@H]1C[C@@H]1CO. The molecular formula is C11H13FO. The first-order valence-corrected chi connectivity index (χ1v) is 4.59. The summed E-state index contributed by atoms with van der Waals surface area (Å²) >= 11 is 0. The average Bonchev–Trinajstić information content (AvgIpc) is 2.83. The van der Waals surface area contributed by atoms with Crippen molar-refractivity contribution in [2.45, 2.75) is 19.3 Å². The van der Waals surface area contributed by atoms with Crippen LogP contribution in [0.3, 0.4) is 0 Å². The van der Waals surface area contributed by atoms with Gasteiger partial charge in [0.15, 0.2) is 0 Å². The Morgan fingerprint density at radius 1 is 1.54 bits per heavy atom. The first kappa shape index (κ1) is 8.70. The van der Waals surface area contributed by atoms with E-state index in [-0.39, 0.29) is 12.4 Å². The first-order valence-electron chi connectivity index (χ1n) is 4.59. The van der Waals surface area contributed by atoms with Gasteiger partial charge in [0.05, 0.1) is 0 Å². The van der Waals surface area contributed by atoms with Crippen LogP contribution in [0.15, 0.2) is 18.2 Å². The second-order valence-corrected chi connectivity index (χ2v) is 3.79. The Labute approximate surface area is 77.2 Å². The van der Waals surface area contributed by atoms with E-state index in [1.165, 1.54) is 11.6 Å². The van der Waals surface area contributed by atoms with Crippen LogP contribution < -0.4 is 0 Å². The van der Waals surface area contributed by atoms with Crippen molar-refractivity contribution in [3.8, 4) is 0 Å². The van der Waals surface area contributed by atoms with Crippen LogP contribution in [0.4, 0.5) is 4.39 Å². The molecule has 0 aliphatic heterocycles. The molecule has 70 valence electrons. The summed E-state index contributed by atoms with van der Waals surface area (Å²) in [4.78, 5) is 0. The summed E-state index contributed by atoms with van der Waals surface area (Å²) in [6, 6.07) is 4.89. The highest BCUT2D eigenvalue weighted by atomic mass is 19.1. The van der Waals surface area contributed by atoms with Crippen LogP contribution in [-0.4, -0.2) is 11.7 Å². The van der Waals surface area contributed by atoms with Crippen LogP contribution >= 0.6 is 0 Å². The Balaban J connectivity index is 2.22. The van der Waals surface area contributed by atoms with Crippen LogP contribution in [0.25, 0.3) is 0 Å². The normalized spacial score (nSPS) is 26.1. The summed E-state index contributed by atoms with van der Waals surface area (Å²) in [7, 11) is 0. The van der Waals surface area contributed by atoms with Crippen LogP contribution in [0, 0.1) is 18.7 Å². The van der Waals surface area contributed by atoms with Gasteiger partial charge >= 0.3 is 0 Å². The standard InChI is InChI=1S/C11H13FO/c1-7-4-9(12)2-3-10(7)11-5-8(11)6-13/h2-4,8,11,13H,5-6H2,1H3/t8-,11+/m1/s1. The zero-order chi connectivity index (χ0) is 9.42. The van der Waals surface area contributed by atoms with Crippen LogP contribution in [0.1, 0.15) is 23.5 Å². The molecule has 2 rings (SSSR count). The number of aryl methyl sites for hydroxylation is 1. The topological polar surface area (TPSA) is 20.2 Å². The monoisotopic (exact) mass is 180 g/mol. The molecule has 1 N–H and O–H groups in total. The molecule has 0 amide bonds. The van der Waals surface area contributed by atoms with Crippen LogP contribution in [-0.2, 0) is 0 Å². The zero-order valence-electron chi connectivity index (χ0n) is 7.63. The van der Waals surface area contributed by atoms with Gasteiger partial charge in [0, 0.05) is 6.61 Å². The lowest BCUT2D eigenvalue weighted by molar-refractivity contribution is 0.274. The van der Waals surface area contributed by atoms with E-state index >= 15 is 0 Å². The highest BCUT2D eigenvalue weighted by Gasteiger charge is 2.38. The van der Waals surface area contributed by atoms with E-state index in [9.17, 15) is 4.39 Å². The fraction of sp³-hybridized carbons (Fsp3) is 0.455. The van der Waals surface area contributed by atoms with Gasteiger partial charge in [0.25, 0.3) is 0 Å². The minimum Gasteiger partial charge on any atom is -0.396 e. The second-order valence-electron chi connectivity index (χ2n) is 3.79. The van der Waals surface area contributed by atoms with E-state index < -0.39 is 0 Å². The van der Waals surface area contributed by atoms with Gasteiger partial charge in [-0.1, -0.05) is 6.07 Å². The van der Waals surface area contributed by atoms with Crippen molar-refractivity contribution in [3.05, 3.63) is 35.1 Å². The summed E-state index contributed by atoms with van der Waals surface area (Å²) < 4.78 is 12.8. The predicted octanol–water partition coefficient (Wildman–Crippen LogP) is 2.23. The highest BCUT2D eigenvalue weighted by molar-refractivity contribution is 5.33. The van der Waals surface area contributed by atoms with E-state index in [2.05, 4.69) is 0 Å². The lowest BCUT2D eigenvalue weighted by atomic mass is 10.0. The Kier molecular flexibility index (Phi) is 2.08. The summed E-state index contributed by atoms with van der Waals surface area (Å²) in [5.74, 6) is 0.692. The molecule has 0 bridgehead atoms. The molecule has 1 saturated carbocycles. The third-order valence-electron chi connectivity index (χ3n) is 2.79. The molecule has 0 saturated heterocycles. The van der Waals surface area contributed by atoms with Gasteiger partial charge in [-0.2, -0.15) is 0 Å². The van der Waals surface area contributed by atoms with E-state index in [1.54, 1.807) is 6.07 Å². The van der Waals surface area contributed by atoms with Crippen LogP contribution in [0.2, 0.25) is 0 Å². The van der Waals surface area contributed by atoms with Gasteiger partial charge in [0.2, 0.25) is 0 Å². The minimum absolute atomic E-state index is 0.178. The molecule has 0 unspecified atom stereocenters. The number of hydrogen-bond donors (Lipinski definition) is 1. The van der Waals surface area contributed by atoms with Crippen molar-refractivity contribution in [1.82, 2.24) is 0 Å². The molecule has 1 aromatic carbocycles. The van der Waals surface area contributed by atoms with Gasteiger partial charge in [0.1, 0.15) is 5.82 Å². The average molecular weight is 180 g/mol. The van der Waals surface area contributed by atoms with E-state index in [0.717, 1.165) is 12.0 Å².